The molecule has 0 saturated carbocycles. The van der Waals surface area contributed by atoms with Crippen molar-refractivity contribution in [1.29, 1.82) is 0 Å². The van der Waals surface area contributed by atoms with Gasteiger partial charge < -0.3 is 15.7 Å². The summed E-state index contributed by atoms with van der Waals surface area (Å²) in [5, 5.41) is 18.0. The van der Waals surface area contributed by atoms with E-state index in [0.717, 1.165) is 5.56 Å². The molecule has 0 aliphatic carbocycles. The molecule has 0 radical (unpaired) electrons. The molecule has 0 aromatic carbocycles. The number of urea groups is 1. The zero-order valence-corrected chi connectivity index (χ0v) is 11.4. The van der Waals surface area contributed by atoms with E-state index in [1.54, 1.807) is 24.1 Å². The highest BCUT2D eigenvalue weighted by Gasteiger charge is 2.20. The van der Waals surface area contributed by atoms with E-state index >= 15 is 0 Å². The van der Waals surface area contributed by atoms with Crippen molar-refractivity contribution in [2.45, 2.75) is 32.9 Å². The van der Waals surface area contributed by atoms with E-state index in [0.29, 0.717) is 13.0 Å². The number of carboxylic acids is 1. The second-order valence-electron chi connectivity index (χ2n) is 4.87. The summed E-state index contributed by atoms with van der Waals surface area (Å²) in [5.41, 5.74) is 0.855. The van der Waals surface area contributed by atoms with Gasteiger partial charge in [-0.2, -0.15) is 5.10 Å². The highest BCUT2D eigenvalue weighted by Crippen LogP contribution is 2.04. The number of nitrogens with zero attached hydrogens (tertiary/aromatic N) is 2. The van der Waals surface area contributed by atoms with Crippen LogP contribution >= 0.6 is 0 Å². The number of carboxylic acid groups (broad SMARTS) is 1. The van der Waals surface area contributed by atoms with Crippen molar-refractivity contribution >= 4 is 12.0 Å². The minimum Gasteiger partial charge on any atom is -0.480 e. The first-order valence-electron chi connectivity index (χ1n) is 6.13. The molecule has 0 aliphatic heterocycles. The number of aliphatic carboxylic acids is 1. The summed E-state index contributed by atoms with van der Waals surface area (Å²) in [6, 6.07) is -1.36. The molecule has 1 aromatic rings. The Kier molecular flexibility index (Phi) is 5.35. The number of carbonyl (C=O) groups is 2. The minimum absolute atomic E-state index is 0.194. The van der Waals surface area contributed by atoms with Gasteiger partial charge in [0.25, 0.3) is 0 Å². The third-order valence-electron chi connectivity index (χ3n) is 2.52. The molecule has 3 N–H and O–H groups in total. The van der Waals surface area contributed by atoms with Crippen molar-refractivity contribution in [3.8, 4) is 0 Å². The summed E-state index contributed by atoms with van der Waals surface area (Å²) in [5.74, 6) is -0.829. The van der Waals surface area contributed by atoms with Crippen LogP contribution in [0.1, 0.15) is 25.8 Å². The maximum atomic E-state index is 11.6. The number of amides is 2. The second kappa shape index (κ2) is 6.77. The van der Waals surface area contributed by atoms with Crippen LogP contribution < -0.4 is 10.6 Å². The Balaban J connectivity index is 2.42. The van der Waals surface area contributed by atoms with Gasteiger partial charge in [-0.1, -0.05) is 13.8 Å². The lowest BCUT2D eigenvalue weighted by Crippen LogP contribution is -2.46. The minimum atomic E-state index is -1.02. The molecule has 7 nitrogen and oxygen atoms in total. The highest BCUT2D eigenvalue weighted by molar-refractivity contribution is 5.82. The molecule has 0 spiro atoms. The lowest BCUT2D eigenvalue weighted by atomic mass is 10.0. The average Bonchev–Trinajstić information content (AvgIpc) is 2.71. The van der Waals surface area contributed by atoms with Crippen LogP contribution in [0.4, 0.5) is 4.79 Å². The molecular formula is C12H20N4O3. The Bertz CT molecular complexity index is 442. The number of nitrogens with one attached hydrogen (secondary N) is 2. The lowest BCUT2D eigenvalue weighted by Gasteiger charge is -2.16. The van der Waals surface area contributed by atoms with Crippen molar-refractivity contribution in [2.24, 2.45) is 13.0 Å². The lowest BCUT2D eigenvalue weighted by molar-refractivity contribution is -0.139. The van der Waals surface area contributed by atoms with Crippen molar-refractivity contribution in [2.75, 3.05) is 0 Å². The Morgan fingerprint density at radius 3 is 2.63 bits per heavy atom. The van der Waals surface area contributed by atoms with Crippen LogP contribution in [0.15, 0.2) is 12.4 Å². The zero-order chi connectivity index (χ0) is 14.4. The molecule has 7 heteroatoms. The smallest absolute Gasteiger partial charge is 0.326 e. The molecule has 0 bridgehead atoms. The summed E-state index contributed by atoms with van der Waals surface area (Å²) in [6.45, 7) is 4.13. The molecule has 1 rings (SSSR count). The first-order valence-corrected chi connectivity index (χ1v) is 6.13. The van der Waals surface area contributed by atoms with Gasteiger partial charge in [-0.25, -0.2) is 9.59 Å². The summed E-state index contributed by atoms with van der Waals surface area (Å²) in [6.07, 6.45) is 3.82. The van der Waals surface area contributed by atoms with Gasteiger partial charge in [-0.15, -0.1) is 0 Å². The number of carbonyl (C=O) groups excluding carboxylic acids is 1. The van der Waals surface area contributed by atoms with E-state index < -0.39 is 18.0 Å². The van der Waals surface area contributed by atoms with Gasteiger partial charge in [0.05, 0.1) is 6.20 Å². The SMILES string of the molecule is CC(C)C[C@@H](NC(=O)NCc1cnn(C)c1)C(=O)O. The third kappa shape index (κ3) is 5.41. The van der Waals surface area contributed by atoms with Crippen LogP contribution in [0.2, 0.25) is 0 Å². The van der Waals surface area contributed by atoms with E-state index in [1.807, 2.05) is 13.8 Å². The van der Waals surface area contributed by atoms with E-state index in [4.69, 9.17) is 5.11 Å². The first-order chi connectivity index (χ1) is 8.88. The van der Waals surface area contributed by atoms with Gasteiger partial charge in [0.2, 0.25) is 0 Å². The monoisotopic (exact) mass is 268 g/mol. The van der Waals surface area contributed by atoms with Gasteiger partial charge in [-0.3, -0.25) is 4.68 Å². The Morgan fingerprint density at radius 2 is 2.16 bits per heavy atom. The molecule has 1 aromatic heterocycles. The fourth-order valence-electron chi connectivity index (χ4n) is 1.65. The highest BCUT2D eigenvalue weighted by atomic mass is 16.4. The van der Waals surface area contributed by atoms with Crippen molar-refractivity contribution < 1.29 is 14.7 Å². The first kappa shape index (κ1) is 15.0. The van der Waals surface area contributed by atoms with E-state index in [9.17, 15) is 9.59 Å². The number of aromatic nitrogens is 2. The predicted octanol–water partition coefficient (Wildman–Crippen LogP) is 0.719. The quantitative estimate of drug-likeness (QED) is 0.708. The van der Waals surface area contributed by atoms with Crippen LogP contribution in [-0.4, -0.2) is 32.9 Å². The third-order valence-corrected chi connectivity index (χ3v) is 2.52. The predicted molar refractivity (Wildman–Crippen MR) is 69.5 cm³/mol. The second-order valence-corrected chi connectivity index (χ2v) is 4.87. The normalized spacial score (nSPS) is 12.2. The van der Waals surface area contributed by atoms with E-state index in [2.05, 4.69) is 15.7 Å². The van der Waals surface area contributed by atoms with Gasteiger partial charge in [0.1, 0.15) is 6.04 Å². The van der Waals surface area contributed by atoms with Crippen molar-refractivity contribution in [3.05, 3.63) is 18.0 Å². The number of hydrogen-bond donors (Lipinski definition) is 3. The zero-order valence-electron chi connectivity index (χ0n) is 11.4. The van der Waals surface area contributed by atoms with Crippen LogP contribution in [0.25, 0.3) is 0 Å². The molecule has 2 amide bonds. The molecule has 106 valence electrons. The molecule has 0 unspecified atom stereocenters. The molecule has 1 atom stereocenters. The maximum absolute atomic E-state index is 11.6. The molecule has 0 aliphatic rings. The summed E-state index contributed by atoms with van der Waals surface area (Å²) >= 11 is 0. The maximum Gasteiger partial charge on any atom is 0.326 e. The van der Waals surface area contributed by atoms with Gasteiger partial charge in [0, 0.05) is 25.4 Å². The van der Waals surface area contributed by atoms with E-state index in [1.165, 1.54) is 0 Å². The molecule has 1 heterocycles. The molecule has 0 saturated heterocycles. The molecule has 0 fully saturated rings. The van der Waals surface area contributed by atoms with Crippen LogP contribution in [0.3, 0.4) is 0 Å². The fraction of sp³-hybridized carbons (Fsp3) is 0.583. The summed E-state index contributed by atoms with van der Waals surface area (Å²) in [4.78, 5) is 22.6. The summed E-state index contributed by atoms with van der Waals surface area (Å²) < 4.78 is 1.63. The van der Waals surface area contributed by atoms with Gasteiger partial charge in [-0.05, 0) is 12.3 Å². The number of aryl methyl sites for hydroxylation is 1. The van der Waals surface area contributed by atoms with Crippen LogP contribution in [0.5, 0.6) is 0 Å². The Morgan fingerprint density at radius 1 is 1.47 bits per heavy atom. The Labute approximate surface area is 112 Å². The molecule has 19 heavy (non-hydrogen) atoms. The van der Waals surface area contributed by atoms with Gasteiger partial charge in [0.15, 0.2) is 0 Å². The standard InChI is InChI=1S/C12H20N4O3/c1-8(2)4-10(11(17)18)15-12(19)13-5-9-6-14-16(3)7-9/h6-8,10H,4-5H2,1-3H3,(H,17,18)(H2,13,15,19)/t10-/m1/s1. The number of hydrogen-bond acceptors (Lipinski definition) is 3. The number of rotatable bonds is 6. The van der Waals surface area contributed by atoms with Gasteiger partial charge >= 0.3 is 12.0 Å². The summed E-state index contributed by atoms with van der Waals surface area (Å²) in [7, 11) is 1.78. The van der Waals surface area contributed by atoms with Crippen molar-refractivity contribution in [3.63, 3.8) is 0 Å². The van der Waals surface area contributed by atoms with Crippen LogP contribution in [0, 0.1) is 5.92 Å². The van der Waals surface area contributed by atoms with Crippen LogP contribution in [-0.2, 0) is 18.4 Å². The molecular weight excluding hydrogens is 248 g/mol. The Hall–Kier alpha value is -2.05. The largest absolute Gasteiger partial charge is 0.480 e. The van der Waals surface area contributed by atoms with Crippen molar-refractivity contribution in [1.82, 2.24) is 20.4 Å². The van der Waals surface area contributed by atoms with E-state index in [-0.39, 0.29) is 5.92 Å². The fourth-order valence-corrected chi connectivity index (χ4v) is 1.65. The average molecular weight is 268 g/mol. The topological polar surface area (TPSA) is 96.3 Å².